The summed E-state index contributed by atoms with van der Waals surface area (Å²) in [6, 6.07) is 0. The fraction of sp³-hybridized carbons (Fsp3) is 0.375. The Bertz CT molecular complexity index is 337. The normalized spacial score (nSPS) is 18.3. The molecule has 1 aromatic heterocycles. The average Bonchev–Trinajstić information content (AvgIpc) is 2.71. The quantitative estimate of drug-likeness (QED) is 0.745. The van der Waals surface area contributed by atoms with Gasteiger partial charge in [-0.15, -0.1) is 6.42 Å². The highest BCUT2D eigenvalue weighted by molar-refractivity contribution is 9.10. The van der Waals surface area contributed by atoms with Crippen LogP contribution in [0, 0.1) is 12.3 Å². The highest BCUT2D eigenvalue weighted by atomic mass is 79.9. The SMILES string of the molecule is C#CC1(Oc2nc(Br)cs2)CC1. The lowest BCUT2D eigenvalue weighted by atomic mass is 10.4. The monoisotopic (exact) mass is 243 g/mol. The zero-order chi connectivity index (χ0) is 8.60. The minimum atomic E-state index is -0.336. The molecule has 0 aromatic carbocycles. The van der Waals surface area contributed by atoms with Gasteiger partial charge in [-0.3, -0.25) is 0 Å². The first-order valence-corrected chi connectivity index (χ1v) is 5.19. The molecule has 0 saturated heterocycles. The van der Waals surface area contributed by atoms with Crippen molar-refractivity contribution < 1.29 is 4.74 Å². The van der Waals surface area contributed by atoms with Crippen LogP contribution in [0.1, 0.15) is 12.8 Å². The van der Waals surface area contributed by atoms with Gasteiger partial charge in [-0.1, -0.05) is 17.3 Å². The molecule has 0 atom stereocenters. The number of rotatable bonds is 2. The predicted octanol–water partition coefficient (Wildman–Crippen LogP) is 2.45. The van der Waals surface area contributed by atoms with Crippen molar-refractivity contribution in [2.24, 2.45) is 0 Å². The lowest BCUT2D eigenvalue weighted by Gasteiger charge is -2.06. The predicted molar refractivity (Wildman–Crippen MR) is 51.2 cm³/mol. The van der Waals surface area contributed by atoms with E-state index in [1.807, 2.05) is 5.38 Å². The van der Waals surface area contributed by atoms with Gasteiger partial charge in [0, 0.05) is 18.2 Å². The molecule has 62 valence electrons. The molecule has 0 amide bonds. The summed E-state index contributed by atoms with van der Waals surface area (Å²) in [5.41, 5.74) is -0.336. The molecular weight excluding hydrogens is 238 g/mol. The van der Waals surface area contributed by atoms with Crippen LogP contribution in [-0.4, -0.2) is 10.6 Å². The van der Waals surface area contributed by atoms with Gasteiger partial charge >= 0.3 is 0 Å². The summed E-state index contributed by atoms with van der Waals surface area (Å²) >= 11 is 4.71. The van der Waals surface area contributed by atoms with Crippen LogP contribution in [-0.2, 0) is 0 Å². The summed E-state index contributed by atoms with van der Waals surface area (Å²) in [6.45, 7) is 0. The minimum Gasteiger partial charge on any atom is -0.450 e. The Morgan fingerprint density at radius 2 is 2.50 bits per heavy atom. The largest absolute Gasteiger partial charge is 0.450 e. The van der Waals surface area contributed by atoms with E-state index in [0.29, 0.717) is 5.19 Å². The maximum Gasteiger partial charge on any atom is 0.275 e. The molecule has 12 heavy (non-hydrogen) atoms. The maximum absolute atomic E-state index is 5.52. The van der Waals surface area contributed by atoms with Crippen molar-refractivity contribution in [1.82, 2.24) is 4.98 Å². The van der Waals surface area contributed by atoms with E-state index in [2.05, 4.69) is 26.8 Å². The third kappa shape index (κ3) is 1.47. The van der Waals surface area contributed by atoms with E-state index in [0.717, 1.165) is 17.4 Å². The van der Waals surface area contributed by atoms with Crippen molar-refractivity contribution >= 4 is 27.3 Å². The number of hydrogen-bond acceptors (Lipinski definition) is 3. The van der Waals surface area contributed by atoms with Gasteiger partial charge in [0.15, 0.2) is 5.60 Å². The molecule has 2 rings (SSSR count). The molecule has 0 aliphatic heterocycles. The Morgan fingerprint density at radius 3 is 2.92 bits per heavy atom. The van der Waals surface area contributed by atoms with Gasteiger partial charge in [-0.2, -0.15) is 4.98 Å². The number of terminal acetylenes is 1. The first-order valence-electron chi connectivity index (χ1n) is 3.52. The molecule has 0 spiro atoms. The molecule has 2 nitrogen and oxygen atoms in total. The molecular formula is C8H6BrNOS. The number of hydrogen-bond donors (Lipinski definition) is 0. The van der Waals surface area contributed by atoms with E-state index in [9.17, 15) is 0 Å². The Labute approximate surface area is 83.1 Å². The van der Waals surface area contributed by atoms with E-state index in [-0.39, 0.29) is 5.60 Å². The first-order chi connectivity index (χ1) is 5.74. The first kappa shape index (κ1) is 8.09. The van der Waals surface area contributed by atoms with Crippen molar-refractivity contribution in [2.75, 3.05) is 0 Å². The Kier molecular flexibility index (Phi) is 1.85. The van der Waals surface area contributed by atoms with Gasteiger partial charge in [0.25, 0.3) is 5.19 Å². The van der Waals surface area contributed by atoms with Crippen molar-refractivity contribution in [2.45, 2.75) is 18.4 Å². The van der Waals surface area contributed by atoms with Gasteiger partial charge in [0.2, 0.25) is 0 Å². The molecule has 1 fully saturated rings. The van der Waals surface area contributed by atoms with Crippen LogP contribution in [0.4, 0.5) is 0 Å². The van der Waals surface area contributed by atoms with Crippen molar-refractivity contribution in [3.05, 3.63) is 9.98 Å². The second kappa shape index (κ2) is 2.75. The topological polar surface area (TPSA) is 22.1 Å². The van der Waals surface area contributed by atoms with E-state index < -0.39 is 0 Å². The molecule has 0 unspecified atom stereocenters. The third-order valence-corrected chi connectivity index (χ3v) is 3.13. The second-order valence-corrected chi connectivity index (χ2v) is 4.31. The van der Waals surface area contributed by atoms with Crippen molar-refractivity contribution in [3.63, 3.8) is 0 Å². The maximum atomic E-state index is 5.52. The molecule has 0 bridgehead atoms. The molecule has 0 radical (unpaired) electrons. The highest BCUT2D eigenvalue weighted by Gasteiger charge is 2.44. The molecule has 1 aromatic rings. The minimum absolute atomic E-state index is 0.336. The zero-order valence-electron chi connectivity index (χ0n) is 6.21. The molecule has 1 saturated carbocycles. The summed E-state index contributed by atoms with van der Waals surface area (Å²) in [7, 11) is 0. The van der Waals surface area contributed by atoms with Gasteiger partial charge in [-0.25, -0.2) is 0 Å². The second-order valence-electron chi connectivity index (χ2n) is 2.68. The summed E-state index contributed by atoms with van der Waals surface area (Å²) in [5, 5.41) is 2.53. The summed E-state index contributed by atoms with van der Waals surface area (Å²) < 4.78 is 6.33. The van der Waals surface area contributed by atoms with Gasteiger partial charge in [0.05, 0.1) is 0 Å². The number of thiazole rings is 1. The molecule has 1 heterocycles. The zero-order valence-corrected chi connectivity index (χ0v) is 8.61. The van der Waals surface area contributed by atoms with Crippen LogP contribution in [0.15, 0.2) is 9.98 Å². The number of ether oxygens (including phenoxy) is 1. The summed E-state index contributed by atoms with van der Waals surface area (Å²) in [6.07, 6.45) is 7.20. The van der Waals surface area contributed by atoms with E-state index in [1.165, 1.54) is 11.3 Å². The number of aromatic nitrogens is 1. The van der Waals surface area contributed by atoms with Crippen molar-refractivity contribution in [1.29, 1.82) is 0 Å². The van der Waals surface area contributed by atoms with Crippen LogP contribution in [0.2, 0.25) is 0 Å². The van der Waals surface area contributed by atoms with E-state index in [1.54, 1.807) is 0 Å². The van der Waals surface area contributed by atoms with Gasteiger partial charge in [-0.05, 0) is 15.9 Å². The molecule has 1 aliphatic rings. The van der Waals surface area contributed by atoms with Gasteiger partial charge < -0.3 is 4.74 Å². The third-order valence-electron chi connectivity index (χ3n) is 1.70. The molecule has 1 aliphatic carbocycles. The summed E-state index contributed by atoms with van der Waals surface area (Å²) in [5.74, 6) is 2.64. The Morgan fingerprint density at radius 1 is 1.75 bits per heavy atom. The van der Waals surface area contributed by atoms with Crippen LogP contribution in [0.5, 0.6) is 5.19 Å². The fourth-order valence-corrected chi connectivity index (χ4v) is 2.01. The van der Waals surface area contributed by atoms with Crippen LogP contribution in [0.25, 0.3) is 0 Å². The lowest BCUT2D eigenvalue weighted by Crippen LogP contribution is -2.14. The molecule has 0 N–H and O–H groups in total. The van der Waals surface area contributed by atoms with Crippen molar-refractivity contribution in [3.8, 4) is 17.5 Å². The average molecular weight is 244 g/mol. The van der Waals surface area contributed by atoms with Crippen LogP contribution >= 0.6 is 27.3 Å². The number of nitrogens with zero attached hydrogens (tertiary/aromatic N) is 1. The van der Waals surface area contributed by atoms with Gasteiger partial charge in [0.1, 0.15) is 4.60 Å². The fourth-order valence-electron chi connectivity index (χ4n) is 0.842. The highest BCUT2D eigenvalue weighted by Crippen LogP contribution is 2.40. The smallest absolute Gasteiger partial charge is 0.275 e. The Balaban J connectivity index is 2.10. The standard InChI is InChI=1S/C8H6BrNOS/c1-2-8(3-4-8)11-7-10-6(9)5-12-7/h1,5H,3-4H2. The molecule has 4 heteroatoms. The van der Waals surface area contributed by atoms with Crippen LogP contribution in [0.3, 0.4) is 0 Å². The Hall–Kier alpha value is -0.530. The van der Waals surface area contributed by atoms with E-state index in [4.69, 9.17) is 11.2 Å². The summed E-state index contributed by atoms with van der Waals surface area (Å²) in [4.78, 5) is 4.10. The van der Waals surface area contributed by atoms with Crippen LogP contribution < -0.4 is 4.74 Å². The lowest BCUT2D eigenvalue weighted by molar-refractivity contribution is 0.238. The number of halogens is 1. The van der Waals surface area contributed by atoms with E-state index >= 15 is 0 Å².